The lowest BCUT2D eigenvalue weighted by molar-refractivity contribution is -0.384. The maximum absolute atomic E-state index is 12.9. The van der Waals surface area contributed by atoms with Crippen molar-refractivity contribution in [1.29, 1.82) is 0 Å². The molecule has 30 heavy (non-hydrogen) atoms. The van der Waals surface area contributed by atoms with Crippen LogP contribution in [0.4, 0.5) is 5.69 Å². The highest BCUT2D eigenvalue weighted by Crippen LogP contribution is 2.42. The summed E-state index contributed by atoms with van der Waals surface area (Å²) in [7, 11) is 0. The molecule has 0 N–H and O–H groups in total. The van der Waals surface area contributed by atoms with Gasteiger partial charge in [-0.1, -0.05) is 54.6 Å². The van der Waals surface area contributed by atoms with Crippen LogP contribution >= 0.6 is 0 Å². The molecule has 1 heterocycles. The highest BCUT2D eigenvalue weighted by Gasteiger charge is 2.31. The summed E-state index contributed by atoms with van der Waals surface area (Å²) in [5, 5.41) is 12.9. The van der Waals surface area contributed by atoms with E-state index in [1.165, 1.54) is 12.1 Å². The molecule has 0 aromatic heterocycles. The predicted octanol–water partition coefficient (Wildman–Crippen LogP) is 6.08. The molecule has 1 aliphatic heterocycles. The lowest BCUT2D eigenvalue weighted by Crippen LogP contribution is -1.98. The number of esters is 1. The quantitative estimate of drug-likeness (QED) is 0.240. The van der Waals surface area contributed by atoms with Crippen LogP contribution < -0.4 is 0 Å². The van der Waals surface area contributed by atoms with Gasteiger partial charge in [-0.25, -0.2) is 4.79 Å². The van der Waals surface area contributed by atoms with Gasteiger partial charge < -0.3 is 4.74 Å². The van der Waals surface area contributed by atoms with Gasteiger partial charge in [-0.15, -0.1) is 0 Å². The molecule has 0 radical (unpaired) electrons. The summed E-state index contributed by atoms with van der Waals surface area (Å²) >= 11 is 0. The number of nitrogens with zero attached hydrogens (tertiary/aromatic N) is 1. The van der Waals surface area contributed by atoms with E-state index in [-0.39, 0.29) is 5.69 Å². The first kappa shape index (κ1) is 17.8. The Morgan fingerprint density at radius 1 is 0.833 bits per heavy atom. The van der Waals surface area contributed by atoms with Crippen molar-refractivity contribution >= 4 is 34.3 Å². The standard InChI is InChI=1S/C25H15NO4/c27-25-24-21(22(30-25)14-16-10-12-19(13-11-16)26(28)29)15-18-8-4-5-9-20(18)23(24)17-6-2-1-3-7-17/h1-15H. The van der Waals surface area contributed by atoms with Crippen molar-refractivity contribution in [3.8, 4) is 11.1 Å². The highest BCUT2D eigenvalue weighted by molar-refractivity contribution is 6.16. The van der Waals surface area contributed by atoms with E-state index in [9.17, 15) is 14.9 Å². The lowest BCUT2D eigenvalue weighted by Gasteiger charge is -2.11. The molecule has 0 spiro atoms. The topological polar surface area (TPSA) is 69.4 Å². The van der Waals surface area contributed by atoms with Crippen molar-refractivity contribution in [2.24, 2.45) is 0 Å². The fraction of sp³-hybridized carbons (Fsp3) is 0. The monoisotopic (exact) mass is 393 g/mol. The van der Waals surface area contributed by atoms with Crippen molar-refractivity contribution in [2.45, 2.75) is 0 Å². The van der Waals surface area contributed by atoms with Gasteiger partial charge in [0, 0.05) is 23.3 Å². The molecule has 0 aliphatic carbocycles. The summed E-state index contributed by atoms with van der Waals surface area (Å²) in [5.41, 5.74) is 3.77. The Bertz CT molecular complexity index is 1340. The number of nitro groups is 1. The highest BCUT2D eigenvalue weighted by atomic mass is 16.6. The van der Waals surface area contributed by atoms with Gasteiger partial charge in [0.2, 0.25) is 0 Å². The molecule has 1 aliphatic rings. The van der Waals surface area contributed by atoms with Crippen molar-refractivity contribution in [3.05, 3.63) is 112 Å². The van der Waals surface area contributed by atoms with Gasteiger partial charge in [0.25, 0.3) is 5.69 Å². The van der Waals surface area contributed by atoms with Crippen LogP contribution in [0.5, 0.6) is 0 Å². The molecular formula is C25H15NO4. The molecule has 0 bridgehead atoms. The maximum Gasteiger partial charge on any atom is 0.344 e. The minimum atomic E-state index is -0.444. The van der Waals surface area contributed by atoms with E-state index < -0.39 is 10.9 Å². The zero-order valence-electron chi connectivity index (χ0n) is 15.7. The van der Waals surface area contributed by atoms with Crippen LogP contribution in [0.25, 0.3) is 33.7 Å². The summed E-state index contributed by atoms with van der Waals surface area (Å²) in [6.45, 7) is 0. The maximum atomic E-state index is 12.9. The molecule has 0 amide bonds. The molecule has 5 nitrogen and oxygen atoms in total. The molecule has 0 saturated carbocycles. The third kappa shape index (κ3) is 2.93. The normalized spacial score (nSPS) is 14.0. The Morgan fingerprint density at radius 2 is 1.53 bits per heavy atom. The van der Waals surface area contributed by atoms with E-state index in [1.54, 1.807) is 18.2 Å². The van der Waals surface area contributed by atoms with Crippen LogP contribution in [0.2, 0.25) is 0 Å². The zero-order valence-corrected chi connectivity index (χ0v) is 15.7. The van der Waals surface area contributed by atoms with Gasteiger partial charge in [-0.3, -0.25) is 10.1 Å². The van der Waals surface area contributed by atoms with Crippen LogP contribution in [-0.2, 0) is 4.74 Å². The zero-order chi connectivity index (χ0) is 20.7. The van der Waals surface area contributed by atoms with Gasteiger partial charge in [0.05, 0.1) is 10.5 Å². The van der Waals surface area contributed by atoms with E-state index in [2.05, 4.69) is 0 Å². The number of fused-ring (bicyclic) bond motifs is 2. The van der Waals surface area contributed by atoms with Gasteiger partial charge in [0.1, 0.15) is 5.76 Å². The van der Waals surface area contributed by atoms with Gasteiger partial charge in [-0.2, -0.15) is 0 Å². The molecule has 0 unspecified atom stereocenters. The average Bonchev–Trinajstić information content (AvgIpc) is 3.08. The van der Waals surface area contributed by atoms with Crippen LogP contribution in [0.3, 0.4) is 0 Å². The smallest absolute Gasteiger partial charge is 0.344 e. The summed E-state index contributed by atoms with van der Waals surface area (Å²) < 4.78 is 5.64. The number of cyclic esters (lactones) is 1. The van der Waals surface area contributed by atoms with Crippen molar-refractivity contribution in [2.75, 3.05) is 0 Å². The minimum Gasteiger partial charge on any atom is -0.422 e. The number of hydrogen-bond donors (Lipinski definition) is 0. The summed E-state index contributed by atoms with van der Waals surface area (Å²) in [6, 6.07) is 25.8. The second-order valence-electron chi connectivity index (χ2n) is 7.01. The molecule has 4 aromatic rings. The van der Waals surface area contributed by atoms with Gasteiger partial charge in [-0.05, 0) is 46.2 Å². The number of rotatable bonds is 3. The number of hydrogen-bond acceptors (Lipinski definition) is 4. The SMILES string of the molecule is O=C1OC(=Cc2ccc([N+](=O)[O-])cc2)c2cc3ccccc3c(-c3ccccc3)c21. The van der Waals surface area contributed by atoms with Crippen LogP contribution in [0, 0.1) is 10.1 Å². The number of ether oxygens (including phenoxy) is 1. The first-order chi connectivity index (χ1) is 14.6. The Kier molecular flexibility index (Phi) is 4.14. The Balaban J connectivity index is 1.73. The number of carbonyl (C=O) groups is 1. The number of carbonyl (C=O) groups excluding carboxylic acids is 1. The molecule has 144 valence electrons. The molecule has 0 saturated heterocycles. The third-order valence-electron chi connectivity index (χ3n) is 5.19. The van der Waals surface area contributed by atoms with Crippen LogP contribution in [0.15, 0.2) is 84.9 Å². The van der Waals surface area contributed by atoms with E-state index in [4.69, 9.17) is 4.74 Å². The lowest BCUT2D eigenvalue weighted by atomic mass is 9.90. The Hall–Kier alpha value is -4.25. The summed E-state index contributed by atoms with van der Waals surface area (Å²) in [4.78, 5) is 23.3. The van der Waals surface area contributed by atoms with Crippen molar-refractivity contribution in [1.82, 2.24) is 0 Å². The van der Waals surface area contributed by atoms with E-state index in [1.807, 2.05) is 60.7 Å². The average molecular weight is 393 g/mol. The third-order valence-corrected chi connectivity index (χ3v) is 5.19. The first-order valence-corrected chi connectivity index (χ1v) is 9.42. The fourth-order valence-electron chi connectivity index (χ4n) is 3.82. The molecular weight excluding hydrogens is 378 g/mol. The van der Waals surface area contributed by atoms with E-state index in [0.717, 1.165) is 27.5 Å². The van der Waals surface area contributed by atoms with Crippen molar-refractivity contribution in [3.63, 3.8) is 0 Å². The second kappa shape index (κ2) is 6.97. The van der Waals surface area contributed by atoms with Crippen LogP contribution in [0.1, 0.15) is 21.5 Å². The summed E-state index contributed by atoms with van der Waals surface area (Å²) in [5.74, 6) is 0.0366. The number of benzene rings is 4. The Labute approximate surface area is 172 Å². The van der Waals surface area contributed by atoms with Gasteiger partial charge >= 0.3 is 5.97 Å². The van der Waals surface area contributed by atoms with Crippen LogP contribution in [-0.4, -0.2) is 10.9 Å². The predicted molar refractivity (Wildman–Crippen MR) is 116 cm³/mol. The molecule has 5 rings (SSSR count). The molecule has 4 aromatic carbocycles. The van der Waals surface area contributed by atoms with Crippen molar-refractivity contribution < 1.29 is 14.5 Å². The number of non-ortho nitro benzene ring substituents is 1. The number of nitro benzene ring substituents is 1. The summed E-state index contributed by atoms with van der Waals surface area (Å²) in [6.07, 6.45) is 1.73. The Morgan fingerprint density at radius 3 is 2.27 bits per heavy atom. The van der Waals surface area contributed by atoms with E-state index >= 15 is 0 Å². The van der Waals surface area contributed by atoms with Gasteiger partial charge in [0.15, 0.2) is 0 Å². The second-order valence-corrected chi connectivity index (χ2v) is 7.01. The largest absolute Gasteiger partial charge is 0.422 e. The molecule has 5 heteroatoms. The van der Waals surface area contributed by atoms with E-state index in [0.29, 0.717) is 16.9 Å². The minimum absolute atomic E-state index is 0.0123. The fourth-order valence-corrected chi connectivity index (χ4v) is 3.82. The molecule has 0 fully saturated rings. The molecule has 0 atom stereocenters. The first-order valence-electron chi connectivity index (χ1n) is 9.42.